The van der Waals surface area contributed by atoms with Gasteiger partial charge in [-0.1, -0.05) is 0 Å². The lowest BCUT2D eigenvalue weighted by Gasteiger charge is -2.11. The number of anilines is 4. The second-order valence-corrected chi connectivity index (χ2v) is 6.48. The van der Waals surface area contributed by atoms with E-state index in [2.05, 4.69) is 20.6 Å². The maximum Gasteiger partial charge on any atom is 0.229 e. The zero-order valence-electron chi connectivity index (χ0n) is 14.5. The molecular formula is C20H17FN4O2. The van der Waals surface area contributed by atoms with Gasteiger partial charge in [-0.2, -0.15) is 4.98 Å². The Morgan fingerprint density at radius 3 is 2.15 bits per heavy atom. The summed E-state index contributed by atoms with van der Waals surface area (Å²) in [5, 5.41) is 6.15. The molecule has 0 saturated carbocycles. The minimum Gasteiger partial charge on any atom is -0.493 e. The van der Waals surface area contributed by atoms with Crippen LogP contribution in [0, 0.1) is 5.82 Å². The third-order valence-electron chi connectivity index (χ3n) is 4.64. The average molecular weight is 364 g/mol. The fourth-order valence-electron chi connectivity index (χ4n) is 3.31. The van der Waals surface area contributed by atoms with E-state index in [1.807, 2.05) is 36.4 Å². The first kappa shape index (κ1) is 15.9. The Bertz CT molecular complexity index is 1020. The largest absolute Gasteiger partial charge is 0.493 e. The van der Waals surface area contributed by atoms with E-state index in [0.717, 1.165) is 53.0 Å². The molecule has 136 valence electrons. The van der Waals surface area contributed by atoms with Crippen LogP contribution in [0.2, 0.25) is 0 Å². The molecule has 6 nitrogen and oxygen atoms in total. The van der Waals surface area contributed by atoms with Crippen molar-refractivity contribution in [2.24, 2.45) is 0 Å². The van der Waals surface area contributed by atoms with Crippen LogP contribution < -0.4 is 20.1 Å². The molecule has 0 bridgehead atoms. The van der Waals surface area contributed by atoms with Gasteiger partial charge < -0.3 is 20.1 Å². The highest BCUT2D eigenvalue weighted by atomic mass is 19.1. The average Bonchev–Trinajstić information content (AvgIpc) is 3.32. The Morgan fingerprint density at radius 1 is 0.852 bits per heavy atom. The van der Waals surface area contributed by atoms with Gasteiger partial charge in [0.2, 0.25) is 5.95 Å². The first-order valence-electron chi connectivity index (χ1n) is 8.83. The quantitative estimate of drug-likeness (QED) is 0.730. The predicted molar refractivity (Wildman–Crippen MR) is 99.8 cm³/mol. The van der Waals surface area contributed by atoms with E-state index in [0.29, 0.717) is 19.2 Å². The van der Waals surface area contributed by atoms with Crippen LogP contribution >= 0.6 is 0 Å². The number of nitrogens with one attached hydrogen (secondary N) is 2. The van der Waals surface area contributed by atoms with Crippen LogP contribution in [-0.2, 0) is 12.8 Å². The van der Waals surface area contributed by atoms with Gasteiger partial charge in [0.25, 0.3) is 0 Å². The van der Waals surface area contributed by atoms with E-state index in [-0.39, 0.29) is 5.82 Å². The number of hydrogen-bond acceptors (Lipinski definition) is 6. The number of benzene rings is 2. The fraction of sp³-hybridized carbons (Fsp3) is 0.200. The number of fused-ring (bicyclic) bond motifs is 2. The maximum absolute atomic E-state index is 14.2. The summed E-state index contributed by atoms with van der Waals surface area (Å²) in [4.78, 5) is 8.32. The smallest absolute Gasteiger partial charge is 0.229 e. The number of hydrogen-bond donors (Lipinski definition) is 2. The maximum atomic E-state index is 14.2. The Morgan fingerprint density at radius 2 is 1.48 bits per heavy atom. The minimum atomic E-state index is -0.514. The number of nitrogens with zero attached hydrogens (tertiary/aromatic N) is 2. The van der Waals surface area contributed by atoms with Gasteiger partial charge in [-0.05, 0) is 47.5 Å². The summed E-state index contributed by atoms with van der Waals surface area (Å²) in [7, 11) is 0. The van der Waals surface area contributed by atoms with Crippen molar-refractivity contribution in [3.63, 3.8) is 0 Å². The predicted octanol–water partition coefficient (Wildman–Crippen LogP) is 3.97. The highest BCUT2D eigenvalue weighted by Crippen LogP contribution is 2.31. The van der Waals surface area contributed by atoms with E-state index in [4.69, 9.17) is 9.47 Å². The first-order valence-corrected chi connectivity index (χ1v) is 8.83. The molecule has 2 aromatic carbocycles. The van der Waals surface area contributed by atoms with Crippen molar-refractivity contribution in [3.05, 3.63) is 59.5 Å². The van der Waals surface area contributed by atoms with Crippen LogP contribution in [0.3, 0.4) is 0 Å². The summed E-state index contributed by atoms with van der Waals surface area (Å²) in [6, 6.07) is 11.5. The van der Waals surface area contributed by atoms with Gasteiger partial charge in [0, 0.05) is 24.2 Å². The van der Waals surface area contributed by atoms with E-state index < -0.39 is 5.82 Å². The molecule has 2 aliphatic heterocycles. The van der Waals surface area contributed by atoms with Crippen LogP contribution in [0.4, 0.5) is 27.5 Å². The van der Waals surface area contributed by atoms with Crippen molar-refractivity contribution < 1.29 is 13.9 Å². The van der Waals surface area contributed by atoms with Crippen molar-refractivity contribution in [3.8, 4) is 11.5 Å². The Kier molecular flexibility index (Phi) is 3.78. The lowest BCUT2D eigenvalue weighted by Crippen LogP contribution is -2.03. The molecule has 0 spiro atoms. The SMILES string of the molecule is Fc1cnc(Nc2ccc3c(c2)CCO3)nc1Nc1ccc2c(c1)CCO2. The molecule has 3 heterocycles. The van der Waals surface area contributed by atoms with Crippen LogP contribution in [0.25, 0.3) is 0 Å². The molecule has 0 atom stereocenters. The third kappa shape index (κ3) is 3.12. The molecule has 0 aliphatic carbocycles. The lowest BCUT2D eigenvalue weighted by atomic mass is 10.1. The number of ether oxygens (including phenoxy) is 2. The molecule has 2 aliphatic rings. The Labute approximate surface area is 155 Å². The number of rotatable bonds is 4. The second kappa shape index (κ2) is 6.42. The van der Waals surface area contributed by atoms with Crippen LogP contribution in [0.15, 0.2) is 42.6 Å². The van der Waals surface area contributed by atoms with Gasteiger partial charge >= 0.3 is 0 Å². The zero-order chi connectivity index (χ0) is 18.2. The lowest BCUT2D eigenvalue weighted by molar-refractivity contribution is 0.356. The monoisotopic (exact) mass is 364 g/mol. The van der Waals surface area contributed by atoms with E-state index in [1.54, 1.807) is 0 Å². The summed E-state index contributed by atoms with van der Waals surface area (Å²) >= 11 is 0. The van der Waals surface area contributed by atoms with E-state index in [9.17, 15) is 4.39 Å². The molecule has 27 heavy (non-hydrogen) atoms. The van der Waals surface area contributed by atoms with Crippen molar-refractivity contribution in [2.45, 2.75) is 12.8 Å². The Hall–Kier alpha value is -3.35. The molecular weight excluding hydrogens is 347 g/mol. The molecule has 7 heteroatoms. The molecule has 5 rings (SSSR count). The van der Waals surface area contributed by atoms with E-state index in [1.165, 1.54) is 0 Å². The fourth-order valence-corrected chi connectivity index (χ4v) is 3.31. The van der Waals surface area contributed by atoms with Crippen molar-refractivity contribution >= 4 is 23.1 Å². The zero-order valence-corrected chi connectivity index (χ0v) is 14.5. The van der Waals surface area contributed by atoms with Gasteiger partial charge in [0.05, 0.1) is 19.4 Å². The van der Waals surface area contributed by atoms with Crippen molar-refractivity contribution in [1.29, 1.82) is 0 Å². The molecule has 0 amide bonds. The van der Waals surface area contributed by atoms with Crippen LogP contribution in [0.5, 0.6) is 11.5 Å². The molecule has 3 aromatic rings. The highest BCUT2D eigenvalue weighted by Gasteiger charge is 2.15. The van der Waals surface area contributed by atoms with Crippen molar-refractivity contribution in [2.75, 3.05) is 23.8 Å². The molecule has 1 aromatic heterocycles. The van der Waals surface area contributed by atoms with Gasteiger partial charge in [0.1, 0.15) is 11.5 Å². The highest BCUT2D eigenvalue weighted by molar-refractivity contribution is 5.63. The normalized spacial score (nSPS) is 14.1. The minimum absolute atomic E-state index is 0.121. The van der Waals surface area contributed by atoms with E-state index >= 15 is 0 Å². The van der Waals surface area contributed by atoms with Gasteiger partial charge in [0.15, 0.2) is 11.6 Å². The molecule has 0 radical (unpaired) electrons. The molecule has 0 unspecified atom stereocenters. The summed E-state index contributed by atoms with van der Waals surface area (Å²) in [5.74, 6) is 1.72. The van der Waals surface area contributed by atoms with Gasteiger partial charge in [-0.3, -0.25) is 0 Å². The second-order valence-electron chi connectivity index (χ2n) is 6.48. The third-order valence-corrected chi connectivity index (χ3v) is 4.64. The summed E-state index contributed by atoms with van der Waals surface area (Å²) < 4.78 is 25.2. The summed E-state index contributed by atoms with van der Waals surface area (Å²) in [5.41, 5.74) is 3.85. The molecule has 0 fully saturated rings. The van der Waals surface area contributed by atoms with Gasteiger partial charge in [-0.25, -0.2) is 9.37 Å². The van der Waals surface area contributed by atoms with Crippen LogP contribution in [0.1, 0.15) is 11.1 Å². The first-order chi connectivity index (χ1) is 13.2. The van der Waals surface area contributed by atoms with Crippen LogP contribution in [-0.4, -0.2) is 23.2 Å². The standard InChI is InChI=1S/C20H17FN4O2/c21-16-11-22-20(24-15-2-4-18-13(10-15)6-8-27-18)25-19(16)23-14-1-3-17-12(9-14)5-7-26-17/h1-4,9-11H,5-8H2,(H2,22,23,24,25). The van der Waals surface area contributed by atoms with Gasteiger partial charge in [-0.15, -0.1) is 0 Å². The Balaban J connectivity index is 1.38. The van der Waals surface area contributed by atoms with Crippen molar-refractivity contribution in [1.82, 2.24) is 9.97 Å². The topological polar surface area (TPSA) is 68.3 Å². The molecule has 0 saturated heterocycles. The summed E-state index contributed by atoms with van der Waals surface area (Å²) in [6.07, 6.45) is 2.89. The molecule has 2 N–H and O–H groups in total. The summed E-state index contributed by atoms with van der Waals surface area (Å²) in [6.45, 7) is 1.38. The number of halogens is 1. The number of aromatic nitrogens is 2.